The highest BCUT2D eigenvalue weighted by atomic mass is 127. The number of halogens is 2. The minimum absolute atomic E-state index is 0.0564. The van der Waals surface area contributed by atoms with Crippen LogP contribution in [0.5, 0.6) is 0 Å². The molecule has 1 aromatic carbocycles. The van der Waals surface area contributed by atoms with Crippen molar-refractivity contribution in [3.05, 3.63) is 27.6 Å². The summed E-state index contributed by atoms with van der Waals surface area (Å²) in [5, 5.41) is -0.0564. The summed E-state index contributed by atoms with van der Waals surface area (Å²) in [4.78, 5) is 4.77. The van der Waals surface area contributed by atoms with Crippen LogP contribution < -0.4 is 0 Å². The van der Waals surface area contributed by atoms with Crippen LogP contribution in [0.2, 0.25) is 0 Å². The van der Waals surface area contributed by atoms with Gasteiger partial charge in [0, 0.05) is 14.9 Å². The quantitative estimate of drug-likeness (QED) is 0.498. The largest absolute Gasteiger partial charge is 0.325 e. The Balaban J connectivity index is 2.09. The summed E-state index contributed by atoms with van der Waals surface area (Å²) in [6, 6.07) is 6.47. The molecule has 2 aromatic rings. The zero-order valence-corrected chi connectivity index (χ0v) is 15.4. The molecule has 0 spiro atoms. The molecule has 1 fully saturated rings. The molecule has 3 rings (SSSR count). The van der Waals surface area contributed by atoms with Crippen molar-refractivity contribution < 1.29 is 0 Å². The third-order valence-electron chi connectivity index (χ3n) is 4.24. The highest BCUT2D eigenvalue weighted by molar-refractivity contribution is 14.1. The van der Waals surface area contributed by atoms with Crippen molar-refractivity contribution >= 4 is 57.0 Å². The van der Waals surface area contributed by atoms with E-state index in [1.807, 2.05) is 18.7 Å². The van der Waals surface area contributed by atoms with Crippen LogP contribution >= 0.6 is 46.0 Å². The molecule has 1 aliphatic rings. The van der Waals surface area contributed by atoms with Gasteiger partial charge in [-0.1, -0.05) is 6.42 Å². The minimum atomic E-state index is -0.0564. The second-order valence-corrected chi connectivity index (χ2v) is 8.72. The molecule has 0 saturated heterocycles. The molecule has 0 amide bonds. The highest BCUT2D eigenvalue weighted by Crippen LogP contribution is 2.45. The summed E-state index contributed by atoms with van der Waals surface area (Å²) in [5.74, 6) is 1.00. The zero-order chi connectivity index (χ0) is 14.3. The number of hydrogen-bond donors (Lipinski definition) is 0. The van der Waals surface area contributed by atoms with Gasteiger partial charge in [0.1, 0.15) is 5.82 Å². The van der Waals surface area contributed by atoms with Crippen molar-refractivity contribution in [1.29, 1.82) is 0 Å². The fourth-order valence-corrected chi connectivity index (χ4v) is 4.47. The van der Waals surface area contributed by atoms with Gasteiger partial charge < -0.3 is 4.57 Å². The van der Waals surface area contributed by atoms with E-state index in [4.69, 9.17) is 16.6 Å². The molecule has 1 aromatic heterocycles. The normalized spacial score (nSPS) is 19.0. The number of imidazole rings is 1. The second-order valence-electron chi connectivity index (χ2n) is 5.55. The van der Waals surface area contributed by atoms with E-state index in [2.05, 4.69) is 51.6 Å². The number of thioether (sulfide) groups is 1. The Morgan fingerprint density at radius 3 is 2.80 bits per heavy atom. The average Bonchev–Trinajstić information content (AvgIpc) is 2.71. The van der Waals surface area contributed by atoms with Crippen LogP contribution in [0.1, 0.15) is 37.4 Å². The molecular weight excluding hydrogens is 403 g/mol. The van der Waals surface area contributed by atoms with Gasteiger partial charge in [0.05, 0.1) is 16.4 Å². The van der Waals surface area contributed by atoms with E-state index in [1.165, 1.54) is 28.3 Å². The Labute approximate surface area is 142 Å². The third-order valence-corrected chi connectivity index (χ3v) is 6.51. The molecule has 0 bridgehead atoms. The molecule has 2 nitrogen and oxygen atoms in total. The number of nitrogens with zero attached hydrogens (tertiary/aromatic N) is 2. The maximum atomic E-state index is 6.36. The zero-order valence-electron chi connectivity index (χ0n) is 11.7. The molecule has 0 N–H and O–H groups in total. The van der Waals surface area contributed by atoms with Crippen molar-refractivity contribution in [3.63, 3.8) is 0 Å². The monoisotopic (exact) mass is 420 g/mol. The smallest absolute Gasteiger partial charge is 0.127 e. The fraction of sp³-hybridized carbons (Fsp3) is 0.533. The van der Waals surface area contributed by atoms with Crippen molar-refractivity contribution in [2.45, 2.75) is 42.9 Å². The Bertz CT molecular complexity index is 629. The molecule has 108 valence electrons. The first-order valence-corrected chi connectivity index (χ1v) is 9.63. The number of fused-ring (bicyclic) bond motifs is 1. The predicted molar refractivity (Wildman–Crippen MR) is 96.8 cm³/mol. The number of alkyl halides is 1. The molecular formula is C15H18ClIN2S. The molecule has 0 radical (unpaired) electrons. The van der Waals surface area contributed by atoms with Crippen molar-refractivity contribution in [2.24, 2.45) is 0 Å². The van der Waals surface area contributed by atoms with Gasteiger partial charge in [-0.2, -0.15) is 11.8 Å². The van der Waals surface area contributed by atoms with E-state index in [9.17, 15) is 0 Å². The lowest BCUT2D eigenvalue weighted by Gasteiger charge is -2.41. The lowest BCUT2D eigenvalue weighted by molar-refractivity contribution is 0.321. The Kier molecular flexibility index (Phi) is 4.26. The molecule has 20 heavy (non-hydrogen) atoms. The molecule has 5 heteroatoms. The first-order chi connectivity index (χ1) is 9.54. The van der Waals surface area contributed by atoms with E-state index in [-0.39, 0.29) is 5.38 Å². The summed E-state index contributed by atoms with van der Waals surface area (Å²) >= 11 is 10.7. The van der Waals surface area contributed by atoms with Crippen molar-refractivity contribution in [1.82, 2.24) is 9.55 Å². The first kappa shape index (κ1) is 15.0. The molecule has 0 aliphatic heterocycles. The van der Waals surface area contributed by atoms with Gasteiger partial charge in [-0.25, -0.2) is 4.98 Å². The number of rotatable bonds is 4. The van der Waals surface area contributed by atoms with Gasteiger partial charge in [0.25, 0.3) is 0 Å². The minimum Gasteiger partial charge on any atom is -0.325 e. The van der Waals surface area contributed by atoms with Crippen LogP contribution in [0.15, 0.2) is 18.2 Å². The SMILES string of the molecule is CSC1(Cn2c(C(C)Cl)nc3cc(I)ccc32)CCC1. The molecule has 1 unspecified atom stereocenters. The number of benzene rings is 1. The Morgan fingerprint density at radius 2 is 2.25 bits per heavy atom. The van der Waals surface area contributed by atoms with Crippen molar-refractivity contribution in [3.8, 4) is 0 Å². The van der Waals surface area contributed by atoms with Crippen LogP contribution in [0, 0.1) is 3.57 Å². The maximum absolute atomic E-state index is 6.36. The number of hydrogen-bond acceptors (Lipinski definition) is 2. The summed E-state index contributed by atoms with van der Waals surface area (Å²) in [7, 11) is 0. The lowest BCUT2D eigenvalue weighted by atomic mass is 9.84. The van der Waals surface area contributed by atoms with Crippen LogP contribution in [0.3, 0.4) is 0 Å². The van der Waals surface area contributed by atoms with Crippen LogP contribution in [-0.4, -0.2) is 20.6 Å². The van der Waals surface area contributed by atoms with Crippen LogP contribution in [0.4, 0.5) is 0 Å². The van der Waals surface area contributed by atoms with E-state index in [0.29, 0.717) is 4.75 Å². The highest BCUT2D eigenvalue weighted by Gasteiger charge is 2.37. The molecule has 1 saturated carbocycles. The summed E-state index contributed by atoms with van der Waals surface area (Å²) in [5.41, 5.74) is 2.28. The van der Waals surface area contributed by atoms with Gasteiger partial charge in [-0.15, -0.1) is 11.6 Å². The fourth-order valence-electron chi connectivity index (χ4n) is 2.88. The molecule has 1 atom stereocenters. The summed E-state index contributed by atoms with van der Waals surface area (Å²) in [6.45, 7) is 3.04. The standard InChI is InChI=1S/C15H18ClIN2S/c1-10(16)14-18-12-8-11(17)4-5-13(12)19(14)9-15(20-2)6-3-7-15/h4-5,8,10H,3,6-7,9H2,1-2H3. The second kappa shape index (κ2) is 5.69. The lowest BCUT2D eigenvalue weighted by Crippen LogP contribution is -2.38. The predicted octanol–water partition coefficient (Wildman–Crippen LogP) is 5.23. The van der Waals surface area contributed by atoms with E-state index < -0.39 is 0 Å². The summed E-state index contributed by atoms with van der Waals surface area (Å²) < 4.78 is 3.95. The van der Waals surface area contributed by atoms with Gasteiger partial charge in [0.2, 0.25) is 0 Å². The summed E-state index contributed by atoms with van der Waals surface area (Å²) in [6.07, 6.45) is 6.17. The number of aromatic nitrogens is 2. The topological polar surface area (TPSA) is 17.8 Å². The maximum Gasteiger partial charge on any atom is 0.127 e. The van der Waals surface area contributed by atoms with Crippen LogP contribution in [-0.2, 0) is 6.54 Å². The van der Waals surface area contributed by atoms with E-state index in [0.717, 1.165) is 17.9 Å². The first-order valence-electron chi connectivity index (χ1n) is 6.89. The van der Waals surface area contributed by atoms with Gasteiger partial charge in [-0.3, -0.25) is 0 Å². The van der Waals surface area contributed by atoms with E-state index in [1.54, 1.807) is 0 Å². The Hall–Kier alpha value is 0.0600. The third kappa shape index (κ3) is 2.59. The van der Waals surface area contributed by atoms with Crippen molar-refractivity contribution in [2.75, 3.05) is 6.26 Å². The molecule has 1 aliphatic carbocycles. The average molecular weight is 421 g/mol. The Morgan fingerprint density at radius 1 is 1.50 bits per heavy atom. The molecule has 1 heterocycles. The van der Waals surface area contributed by atoms with Crippen LogP contribution in [0.25, 0.3) is 11.0 Å². The van der Waals surface area contributed by atoms with Gasteiger partial charge in [0.15, 0.2) is 0 Å². The van der Waals surface area contributed by atoms with Gasteiger partial charge >= 0.3 is 0 Å². The van der Waals surface area contributed by atoms with Gasteiger partial charge in [-0.05, 0) is 66.8 Å². The van der Waals surface area contributed by atoms with E-state index >= 15 is 0 Å².